The number of urea groups is 1. The van der Waals surface area contributed by atoms with E-state index in [9.17, 15) is 9.59 Å². The molecule has 7 nitrogen and oxygen atoms in total. The fourth-order valence-corrected chi connectivity index (χ4v) is 4.86. The van der Waals surface area contributed by atoms with Gasteiger partial charge in [0.1, 0.15) is 0 Å². The first-order chi connectivity index (χ1) is 15.1. The van der Waals surface area contributed by atoms with Crippen LogP contribution in [-0.4, -0.2) is 85.0 Å². The average Bonchev–Trinajstić information content (AvgIpc) is 3.32. The van der Waals surface area contributed by atoms with E-state index >= 15 is 0 Å². The number of benzene rings is 1. The monoisotopic (exact) mass is 429 g/mol. The van der Waals surface area contributed by atoms with Crippen molar-refractivity contribution in [2.75, 3.05) is 57.7 Å². The van der Waals surface area contributed by atoms with E-state index in [-0.39, 0.29) is 18.0 Å². The van der Waals surface area contributed by atoms with Gasteiger partial charge in [-0.2, -0.15) is 0 Å². The third-order valence-corrected chi connectivity index (χ3v) is 6.76. The Kier molecular flexibility index (Phi) is 9.15. The van der Waals surface area contributed by atoms with Gasteiger partial charge in [-0.25, -0.2) is 4.79 Å². The third kappa shape index (κ3) is 6.68. The molecule has 0 spiro atoms. The Morgan fingerprint density at radius 1 is 1.03 bits per heavy atom. The van der Waals surface area contributed by atoms with Gasteiger partial charge in [0.15, 0.2) is 0 Å². The van der Waals surface area contributed by atoms with Gasteiger partial charge >= 0.3 is 6.03 Å². The largest absolute Gasteiger partial charge is 0.353 e. The number of hydrogen-bond acceptors (Lipinski definition) is 4. The zero-order chi connectivity index (χ0) is 22.1. The summed E-state index contributed by atoms with van der Waals surface area (Å²) < 4.78 is 0. The molecule has 0 aromatic heterocycles. The predicted molar refractivity (Wildman–Crippen MR) is 125 cm³/mol. The Balaban J connectivity index is 1.53. The lowest BCUT2D eigenvalue weighted by Crippen LogP contribution is -2.58. The van der Waals surface area contributed by atoms with Gasteiger partial charge in [0.25, 0.3) is 0 Å². The maximum absolute atomic E-state index is 13.2. The highest BCUT2D eigenvalue weighted by Crippen LogP contribution is 2.31. The number of anilines is 1. The van der Waals surface area contributed by atoms with Crippen LogP contribution >= 0.6 is 0 Å². The van der Waals surface area contributed by atoms with Gasteiger partial charge in [0.05, 0.1) is 6.04 Å². The van der Waals surface area contributed by atoms with E-state index in [1.807, 2.05) is 35.2 Å². The number of likely N-dealkylation sites (N-methyl/N-ethyl adjacent to an activating group) is 1. The van der Waals surface area contributed by atoms with Crippen molar-refractivity contribution in [2.45, 2.75) is 45.6 Å². The number of amides is 3. The number of hydrogen-bond donors (Lipinski definition) is 2. The van der Waals surface area contributed by atoms with E-state index in [1.165, 1.54) is 12.8 Å². The summed E-state index contributed by atoms with van der Waals surface area (Å²) in [4.78, 5) is 32.3. The van der Waals surface area contributed by atoms with Gasteiger partial charge in [0, 0.05) is 45.0 Å². The molecule has 1 aromatic rings. The lowest BCUT2D eigenvalue weighted by atomic mass is 9.95. The molecule has 0 bridgehead atoms. The number of para-hydroxylation sites is 1. The summed E-state index contributed by atoms with van der Waals surface area (Å²) in [5.74, 6) is 0.597. The molecule has 1 saturated carbocycles. The summed E-state index contributed by atoms with van der Waals surface area (Å²) in [6, 6.07) is 9.42. The highest BCUT2D eigenvalue weighted by molar-refractivity contribution is 5.89. The Morgan fingerprint density at radius 3 is 2.29 bits per heavy atom. The number of nitrogens with zero attached hydrogens (tertiary/aromatic N) is 3. The zero-order valence-corrected chi connectivity index (χ0v) is 19.2. The Hall–Kier alpha value is -2.12. The Labute approximate surface area is 187 Å². The van der Waals surface area contributed by atoms with Crippen LogP contribution < -0.4 is 10.6 Å². The molecule has 1 heterocycles. The molecule has 1 aliphatic carbocycles. The fraction of sp³-hybridized carbons (Fsp3) is 0.667. The van der Waals surface area contributed by atoms with E-state index < -0.39 is 0 Å². The van der Waals surface area contributed by atoms with Crippen molar-refractivity contribution in [2.24, 2.45) is 5.92 Å². The molecule has 2 N–H and O–H groups in total. The maximum Gasteiger partial charge on any atom is 0.321 e. The number of nitrogens with one attached hydrogen (secondary N) is 2. The normalized spacial score (nSPS) is 18.9. The average molecular weight is 430 g/mol. The topological polar surface area (TPSA) is 67.9 Å². The van der Waals surface area contributed by atoms with Crippen LogP contribution in [0.5, 0.6) is 0 Å². The second-order valence-electron chi connectivity index (χ2n) is 8.63. The molecule has 1 unspecified atom stereocenters. The first-order valence-corrected chi connectivity index (χ1v) is 12.0. The van der Waals surface area contributed by atoms with E-state index in [0.717, 1.165) is 51.3 Å². The lowest BCUT2D eigenvalue weighted by molar-refractivity contribution is -0.129. The number of rotatable bonds is 9. The molecule has 2 aliphatic rings. The summed E-state index contributed by atoms with van der Waals surface area (Å²) in [5.41, 5.74) is 0.811. The van der Waals surface area contributed by atoms with Crippen LogP contribution in [-0.2, 0) is 4.79 Å². The summed E-state index contributed by atoms with van der Waals surface area (Å²) in [5, 5.41) is 6.18. The Morgan fingerprint density at radius 2 is 1.68 bits per heavy atom. The third-order valence-electron chi connectivity index (χ3n) is 6.76. The highest BCUT2D eigenvalue weighted by Gasteiger charge is 2.37. The first kappa shape index (κ1) is 23.5. The van der Waals surface area contributed by atoms with Crippen LogP contribution in [0.15, 0.2) is 30.3 Å². The maximum atomic E-state index is 13.2. The molecular weight excluding hydrogens is 390 g/mol. The smallest absolute Gasteiger partial charge is 0.321 e. The van der Waals surface area contributed by atoms with Gasteiger partial charge in [-0.15, -0.1) is 0 Å². The van der Waals surface area contributed by atoms with Crippen LogP contribution in [0.25, 0.3) is 0 Å². The standard InChI is InChI=1S/C24H39N5O2/c1-3-27(4-2)15-14-25-23(30)22(20-10-8-9-11-20)28-16-18-29(19-17-28)24(31)26-21-12-6-5-7-13-21/h5-7,12-13,20,22H,3-4,8-11,14-19H2,1-2H3,(H,25,30)(H,26,31). The van der Waals surface area contributed by atoms with Crippen molar-refractivity contribution in [3.05, 3.63) is 30.3 Å². The molecule has 1 aliphatic heterocycles. The lowest BCUT2D eigenvalue weighted by Gasteiger charge is -2.40. The minimum absolute atomic E-state index is 0.0630. The molecule has 7 heteroatoms. The summed E-state index contributed by atoms with van der Waals surface area (Å²) in [6.45, 7) is 10.7. The van der Waals surface area contributed by atoms with Crippen LogP contribution in [0.2, 0.25) is 0 Å². The second-order valence-corrected chi connectivity index (χ2v) is 8.63. The van der Waals surface area contributed by atoms with Gasteiger partial charge in [0.2, 0.25) is 5.91 Å². The van der Waals surface area contributed by atoms with E-state index in [4.69, 9.17) is 0 Å². The van der Waals surface area contributed by atoms with Gasteiger partial charge < -0.3 is 20.4 Å². The van der Waals surface area contributed by atoms with Crippen LogP contribution in [0, 0.1) is 5.92 Å². The minimum atomic E-state index is -0.0708. The zero-order valence-electron chi connectivity index (χ0n) is 19.2. The van der Waals surface area contributed by atoms with Gasteiger partial charge in [-0.05, 0) is 44.0 Å². The van der Waals surface area contributed by atoms with Crippen LogP contribution in [0.1, 0.15) is 39.5 Å². The first-order valence-electron chi connectivity index (χ1n) is 12.0. The van der Waals surface area contributed by atoms with E-state index in [1.54, 1.807) is 0 Å². The van der Waals surface area contributed by atoms with Crippen molar-refractivity contribution < 1.29 is 9.59 Å². The number of piperazine rings is 1. The highest BCUT2D eigenvalue weighted by atomic mass is 16.2. The van der Waals surface area contributed by atoms with Crippen molar-refractivity contribution in [3.8, 4) is 0 Å². The van der Waals surface area contributed by atoms with Gasteiger partial charge in [-0.3, -0.25) is 9.69 Å². The molecule has 3 rings (SSSR count). The number of carbonyl (C=O) groups excluding carboxylic acids is 2. The minimum Gasteiger partial charge on any atom is -0.353 e. The molecule has 0 radical (unpaired) electrons. The molecule has 1 saturated heterocycles. The summed E-state index contributed by atoms with van der Waals surface area (Å²) in [7, 11) is 0. The SMILES string of the molecule is CCN(CC)CCNC(=O)C(C1CCCC1)N1CCN(C(=O)Nc2ccccc2)CC1. The molecular formula is C24H39N5O2. The predicted octanol–water partition coefficient (Wildman–Crippen LogP) is 2.85. The van der Waals surface area contributed by atoms with Crippen molar-refractivity contribution in [1.82, 2.24) is 20.0 Å². The quantitative estimate of drug-likeness (QED) is 0.633. The fourth-order valence-electron chi connectivity index (χ4n) is 4.86. The van der Waals surface area contributed by atoms with Crippen molar-refractivity contribution in [3.63, 3.8) is 0 Å². The van der Waals surface area contributed by atoms with E-state index in [0.29, 0.717) is 25.6 Å². The molecule has 2 fully saturated rings. The van der Waals surface area contributed by atoms with Gasteiger partial charge in [-0.1, -0.05) is 44.9 Å². The van der Waals surface area contributed by atoms with E-state index in [2.05, 4.69) is 34.3 Å². The summed E-state index contributed by atoms with van der Waals surface area (Å²) in [6.07, 6.45) is 4.69. The molecule has 172 valence electrons. The molecule has 3 amide bonds. The second kappa shape index (κ2) is 12.1. The Bertz CT molecular complexity index is 680. The van der Waals surface area contributed by atoms with Crippen LogP contribution in [0.4, 0.5) is 10.5 Å². The molecule has 1 atom stereocenters. The van der Waals surface area contributed by atoms with Crippen LogP contribution in [0.3, 0.4) is 0 Å². The van der Waals surface area contributed by atoms with Crippen molar-refractivity contribution >= 4 is 17.6 Å². The molecule has 1 aromatic carbocycles. The summed E-state index contributed by atoms with van der Waals surface area (Å²) >= 11 is 0. The molecule has 31 heavy (non-hydrogen) atoms. The van der Waals surface area contributed by atoms with Crippen molar-refractivity contribution in [1.29, 1.82) is 0 Å². The number of carbonyl (C=O) groups is 2.